The molecule has 0 spiro atoms. The molecule has 1 aromatic carbocycles. The molecule has 5 atom stereocenters. The van der Waals surface area contributed by atoms with E-state index in [4.69, 9.17) is 23.7 Å². The maximum atomic E-state index is 12.8. The predicted octanol–water partition coefficient (Wildman–Crippen LogP) is 1.90. The zero-order valence-electron chi connectivity index (χ0n) is 17.1. The van der Waals surface area contributed by atoms with Crippen LogP contribution in [0.25, 0.3) is 0 Å². The van der Waals surface area contributed by atoms with Crippen molar-refractivity contribution in [2.45, 2.75) is 70.0 Å². The summed E-state index contributed by atoms with van der Waals surface area (Å²) >= 11 is 3.34. The summed E-state index contributed by atoms with van der Waals surface area (Å²) in [5.74, 6) is -2.61. The Labute approximate surface area is 182 Å². The van der Waals surface area contributed by atoms with E-state index in [0.29, 0.717) is 5.69 Å². The fourth-order valence-corrected chi connectivity index (χ4v) is 4.09. The normalized spacial score (nSPS) is 33.4. The molecule has 0 aliphatic carbocycles. The highest BCUT2D eigenvalue weighted by atomic mass is 79.9. The largest absolute Gasteiger partial charge is 0.345 e. The Morgan fingerprint density at radius 2 is 1.53 bits per heavy atom. The molecule has 4 rings (SSSR count). The highest BCUT2D eigenvalue weighted by molar-refractivity contribution is 9.10. The van der Waals surface area contributed by atoms with Crippen LogP contribution >= 0.6 is 15.9 Å². The molecule has 9 nitrogen and oxygen atoms in total. The minimum Gasteiger partial charge on any atom is -0.345 e. The van der Waals surface area contributed by atoms with Crippen LogP contribution in [0.2, 0.25) is 0 Å². The number of hydrogen-bond donors (Lipinski definition) is 2. The van der Waals surface area contributed by atoms with Crippen LogP contribution in [-0.2, 0) is 33.3 Å². The molecule has 0 radical (unpaired) electrons. The first-order valence-corrected chi connectivity index (χ1v) is 10.5. The molecule has 3 aliphatic heterocycles. The first kappa shape index (κ1) is 21.7. The van der Waals surface area contributed by atoms with Crippen molar-refractivity contribution < 1.29 is 33.3 Å². The van der Waals surface area contributed by atoms with Crippen molar-refractivity contribution in [3.63, 3.8) is 0 Å². The molecule has 0 saturated carbocycles. The van der Waals surface area contributed by atoms with Crippen LogP contribution in [0.1, 0.15) is 27.7 Å². The summed E-state index contributed by atoms with van der Waals surface area (Å²) in [7, 11) is 0. The van der Waals surface area contributed by atoms with Gasteiger partial charge >= 0.3 is 0 Å². The number of anilines is 1. The number of fused-ring (bicyclic) bond motifs is 3. The Balaban J connectivity index is 1.40. The van der Waals surface area contributed by atoms with Crippen molar-refractivity contribution in [1.82, 2.24) is 5.32 Å². The number of carbonyl (C=O) groups is 2. The molecule has 0 unspecified atom stereocenters. The van der Waals surface area contributed by atoms with Crippen molar-refractivity contribution in [3.05, 3.63) is 28.7 Å². The Morgan fingerprint density at radius 3 is 2.23 bits per heavy atom. The lowest BCUT2D eigenvalue weighted by Gasteiger charge is -2.36. The summed E-state index contributed by atoms with van der Waals surface area (Å²) in [4.78, 5) is 25.1. The average Bonchev–Trinajstić information content (AvgIpc) is 3.14. The summed E-state index contributed by atoms with van der Waals surface area (Å²) < 4.78 is 30.4. The number of hydrogen-bond acceptors (Lipinski definition) is 7. The fraction of sp³-hybridized carbons (Fsp3) is 0.600. The van der Waals surface area contributed by atoms with Gasteiger partial charge in [-0.2, -0.15) is 0 Å². The van der Waals surface area contributed by atoms with Gasteiger partial charge in [0.25, 0.3) is 5.91 Å². The van der Waals surface area contributed by atoms with Crippen LogP contribution in [0.4, 0.5) is 5.69 Å². The van der Waals surface area contributed by atoms with Crippen molar-refractivity contribution in [3.8, 4) is 0 Å². The Morgan fingerprint density at radius 1 is 0.933 bits per heavy atom. The lowest BCUT2D eigenvalue weighted by atomic mass is 9.98. The van der Waals surface area contributed by atoms with Crippen LogP contribution < -0.4 is 10.6 Å². The maximum absolute atomic E-state index is 12.8. The highest BCUT2D eigenvalue weighted by Gasteiger charge is 2.62. The summed E-state index contributed by atoms with van der Waals surface area (Å²) in [5, 5.41) is 5.33. The molecule has 3 heterocycles. The molecular formula is C20H25BrN2O7. The first-order valence-electron chi connectivity index (χ1n) is 9.73. The molecule has 1 aromatic rings. The van der Waals surface area contributed by atoms with Gasteiger partial charge in [-0.1, -0.05) is 15.9 Å². The Bertz CT molecular complexity index is 829. The molecule has 2 amide bonds. The zero-order chi connectivity index (χ0) is 21.7. The molecule has 2 N–H and O–H groups in total. The molecular weight excluding hydrogens is 460 g/mol. The Kier molecular flexibility index (Phi) is 5.67. The molecule has 3 fully saturated rings. The molecule has 3 aliphatic rings. The van der Waals surface area contributed by atoms with Gasteiger partial charge in [-0.25, -0.2) is 0 Å². The smallest absolute Gasteiger partial charge is 0.252 e. The van der Waals surface area contributed by atoms with Crippen LogP contribution in [0.15, 0.2) is 28.7 Å². The predicted molar refractivity (Wildman–Crippen MR) is 108 cm³/mol. The summed E-state index contributed by atoms with van der Waals surface area (Å²) in [6.45, 7) is 6.86. The minimum absolute atomic E-state index is 0.215. The molecule has 3 saturated heterocycles. The summed E-state index contributed by atoms with van der Waals surface area (Å²) in [6, 6.07) is 7.13. The third-order valence-corrected chi connectivity index (χ3v) is 5.49. The second-order valence-corrected chi connectivity index (χ2v) is 9.28. The van der Waals surface area contributed by atoms with Crippen LogP contribution in [0.5, 0.6) is 0 Å². The van der Waals surface area contributed by atoms with Gasteiger partial charge in [0.2, 0.25) is 5.91 Å². The van der Waals surface area contributed by atoms with E-state index in [1.165, 1.54) is 0 Å². The number of halogens is 1. The third-order valence-electron chi connectivity index (χ3n) is 4.96. The number of ether oxygens (including phenoxy) is 5. The molecule has 10 heteroatoms. The second kappa shape index (κ2) is 7.85. The average molecular weight is 485 g/mol. The van der Waals surface area contributed by atoms with Crippen molar-refractivity contribution >= 4 is 33.4 Å². The SMILES string of the molecule is CC1(C)O[C@H]2[C@@H](O1)[C@H](C(=O)NCC(=O)Nc1ccc(Br)cc1)O[C@@H]1OC(C)(C)O[C@@H]12. The van der Waals surface area contributed by atoms with E-state index < -0.39 is 48.2 Å². The molecule has 0 bridgehead atoms. The number of rotatable bonds is 4. The highest BCUT2D eigenvalue weighted by Crippen LogP contribution is 2.44. The van der Waals surface area contributed by atoms with E-state index in [1.807, 2.05) is 12.1 Å². The van der Waals surface area contributed by atoms with Crippen LogP contribution in [0.3, 0.4) is 0 Å². The number of nitrogens with one attached hydrogen (secondary N) is 2. The Hall–Kier alpha value is -1.56. The number of benzene rings is 1. The van der Waals surface area contributed by atoms with E-state index in [9.17, 15) is 9.59 Å². The summed E-state index contributed by atoms with van der Waals surface area (Å²) in [5.41, 5.74) is 0.627. The van der Waals surface area contributed by atoms with Crippen LogP contribution in [-0.4, -0.2) is 60.6 Å². The number of carbonyl (C=O) groups excluding carboxylic acids is 2. The lowest BCUT2D eigenvalue weighted by molar-refractivity contribution is -0.231. The van der Waals surface area contributed by atoms with Gasteiger partial charge in [0.05, 0.1) is 6.54 Å². The van der Waals surface area contributed by atoms with Gasteiger partial charge < -0.3 is 34.3 Å². The molecule has 164 valence electrons. The van der Waals surface area contributed by atoms with E-state index in [2.05, 4.69) is 26.6 Å². The van der Waals surface area contributed by atoms with E-state index in [0.717, 1.165) is 4.47 Å². The first-order chi connectivity index (χ1) is 14.0. The standard InChI is InChI=1S/C20H25BrN2O7/c1-19(2)27-13-14(28-19)16-18(30-20(3,4)29-16)26-15(13)17(25)22-9-12(24)23-11-7-5-10(21)6-8-11/h5-8,13-16,18H,9H2,1-4H3,(H,22,25)(H,23,24)/t13-,14+,15-,16-,18-/m1/s1. The third kappa shape index (κ3) is 4.53. The van der Waals surface area contributed by atoms with Crippen molar-refractivity contribution in [1.29, 1.82) is 0 Å². The van der Waals surface area contributed by atoms with E-state index >= 15 is 0 Å². The quantitative estimate of drug-likeness (QED) is 0.672. The van der Waals surface area contributed by atoms with Gasteiger partial charge in [-0.3, -0.25) is 9.59 Å². The summed E-state index contributed by atoms with van der Waals surface area (Å²) in [6.07, 6.45) is -3.51. The minimum atomic E-state index is -1.00. The number of amides is 2. The monoisotopic (exact) mass is 484 g/mol. The van der Waals surface area contributed by atoms with Crippen molar-refractivity contribution in [2.24, 2.45) is 0 Å². The van der Waals surface area contributed by atoms with Crippen LogP contribution in [0, 0.1) is 0 Å². The molecule has 30 heavy (non-hydrogen) atoms. The van der Waals surface area contributed by atoms with E-state index in [1.54, 1.807) is 39.8 Å². The van der Waals surface area contributed by atoms with Gasteiger partial charge in [0.15, 0.2) is 24.0 Å². The van der Waals surface area contributed by atoms with Crippen molar-refractivity contribution in [2.75, 3.05) is 11.9 Å². The fourth-order valence-electron chi connectivity index (χ4n) is 3.83. The van der Waals surface area contributed by atoms with Gasteiger partial charge in [-0.05, 0) is 52.0 Å². The van der Waals surface area contributed by atoms with Gasteiger partial charge in [0, 0.05) is 10.2 Å². The van der Waals surface area contributed by atoms with Gasteiger partial charge in [-0.15, -0.1) is 0 Å². The maximum Gasteiger partial charge on any atom is 0.252 e. The topological polar surface area (TPSA) is 104 Å². The van der Waals surface area contributed by atoms with E-state index in [-0.39, 0.29) is 12.5 Å². The zero-order valence-corrected chi connectivity index (χ0v) is 18.7. The second-order valence-electron chi connectivity index (χ2n) is 8.36. The van der Waals surface area contributed by atoms with Gasteiger partial charge in [0.1, 0.15) is 18.3 Å². The molecule has 0 aromatic heterocycles. The lowest BCUT2D eigenvalue weighted by Crippen LogP contribution is -2.59.